The third-order valence-corrected chi connectivity index (χ3v) is 8.42. The van der Waals surface area contributed by atoms with E-state index in [1.54, 1.807) is 23.9 Å². The number of amides is 1. The number of hydrogen-bond donors (Lipinski definition) is 3. The molecule has 1 atom stereocenters. The lowest BCUT2D eigenvalue weighted by atomic mass is 10.0. The molecule has 0 saturated heterocycles. The van der Waals surface area contributed by atoms with E-state index in [-0.39, 0.29) is 34.3 Å². The fraction of sp³-hybridized carbons (Fsp3) is 0.440. The van der Waals surface area contributed by atoms with Crippen molar-refractivity contribution in [2.45, 2.75) is 57.4 Å². The van der Waals surface area contributed by atoms with E-state index in [9.17, 15) is 13.2 Å². The summed E-state index contributed by atoms with van der Waals surface area (Å²) in [6.45, 7) is 5.96. The molecule has 0 radical (unpaired) electrons. The Morgan fingerprint density at radius 1 is 1.26 bits per heavy atom. The quantitative estimate of drug-likeness (QED) is 0.310. The van der Waals surface area contributed by atoms with Crippen LogP contribution in [0.15, 0.2) is 30.6 Å². The topological polar surface area (TPSA) is 140 Å². The van der Waals surface area contributed by atoms with Gasteiger partial charge in [0.2, 0.25) is 16.0 Å². The van der Waals surface area contributed by atoms with Gasteiger partial charge in [-0.05, 0) is 51.8 Å². The highest BCUT2D eigenvalue weighted by atomic mass is 35.5. The van der Waals surface area contributed by atoms with Crippen molar-refractivity contribution in [1.29, 1.82) is 0 Å². The van der Waals surface area contributed by atoms with Crippen molar-refractivity contribution in [2.75, 3.05) is 23.7 Å². The van der Waals surface area contributed by atoms with E-state index in [0.717, 1.165) is 6.42 Å². The van der Waals surface area contributed by atoms with Crippen LogP contribution in [-0.2, 0) is 14.8 Å². The third-order valence-electron chi connectivity index (χ3n) is 6.35. The van der Waals surface area contributed by atoms with Gasteiger partial charge in [0, 0.05) is 47.2 Å². The van der Waals surface area contributed by atoms with Crippen LogP contribution in [-0.4, -0.2) is 59.2 Å². The summed E-state index contributed by atoms with van der Waals surface area (Å²) < 4.78 is 49.9. The van der Waals surface area contributed by atoms with Gasteiger partial charge in [0.15, 0.2) is 5.82 Å². The first-order valence-corrected chi connectivity index (χ1v) is 14.4. The van der Waals surface area contributed by atoms with Crippen LogP contribution in [0.3, 0.4) is 0 Å². The van der Waals surface area contributed by atoms with Crippen LogP contribution >= 0.6 is 11.6 Å². The molecule has 3 N–H and O–H groups in total. The summed E-state index contributed by atoms with van der Waals surface area (Å²) in [7, 11) is -2.46. The Morgan fingerprint density at radius 3 is 2.64 bits per heavy atom. The molecule has 4 rings (SSSR count). The Morgan fingerprint density at radius 2 is 2.00 bits per heavy atom. The van der Waals surface area contributed by atoms with Gasteiger partial charge in [-0.25, -0.2) is 27.6 Å². The molecule has 0 bridgehead atoms. The van der Waals surface area contributed by atoms with Crippen molar-refractivity contribution in [1.82, 2.24) is 25.1 Å². The number of anilines is 2. The molecule has 0 aliphatic heterocycles. The van der Waals surface area contributed by atoms with Gasteiger partial charge in [0.05, 0.1) is 23.7 Å². The Bertz CT molecular complexity index is 1460. The maximum absolute atomic E-state index is 15.9. The second-order valence-electron chi connectivity index (χ2n) is 9.66. The van der Waals surface area contributed by atoms with Crippen LogP contribution < -0.4 is 15.4 Å². The predicted octanol–water partition coefficient (Wildman–Crippen LogP) is 4.83. The Balaban J connectivity index is 1.69. The molecule has 1 aromatic carbocycles. The van der Waals surface area contributed by atoms with E-state index >= 15 is 4.39 Å². The minimum Gasteiger partial charge on any atom is -0.453 e. The Kier molecular flexibility index (Phi) is 8.60. The summed E-state index contributed by atoms with van der Waals surface area (Å²) in [6.07, 6.45) is 4.56. The minimum absolute atomic E-state index is 0.0546. The second kappa shape index (κ2) is 11.7. The number of alkyl carbamates (subject to hydrolysis) is 1. The fourth-order valence-corrected chi connectivity index (χ4v) is 5.74. The Hall–Kier alpha value is -3.45. The molecule has 0 unspecified atom stereocenters. The molecule has 39 heavy (non-hydrogen) atoms. The zero-order valence-corrected chi connectivity index (χ0v) is 23.6. The molecule has 1 aliphatic carbocycles. The molecule has 1 saturated carbocycles. The van der Waals surface area contributed by atoms with Crippen LogP contribution in [0.5, 0.6) is 0 Å². The highest BCUT2D eigenvalue weighted by molar-refractivity contribution is 7.93. The summed E-state index contributed by atoms with van der Waals surface area (Å²) in [6, 6.07) is 4.01. The lowest BCUT2D eigenvalue weighted by molar-refractivity contribution is 0.168. The molecule has 0 spiro atoms. The van der Waals surface area contributed by atoms with Gasteiger partial charge in [-0.2, -0.15) is 5.10 Å². The number of halogens is 2. The maximum Gasteiger partial charge on any atom is 0.407 e. The molecule has 1 amide bonds. The van der Waals surface area contributed by atoms with E-state index in [1.807, 2.05) is 13.8 Å². The lowest BCUT2D eigenvalue weighted by Crippen LogP contribution is -2.37. The van der Waals surface area contributed by atoms with E-state index < -0.39 is 27.2 Å². The van der Waals surface area contributed by atoms with Gasteiger partial charge >= 0.3 is 6.09 Å². The Labute approximate surface area is 231 Å². The van der Waals surface area contributed by atoms with Gasteiger partial charge in [0.25, 0.3) is 0 Å². The third kappa shape index (κ3) is 6.59. The van der Waals surface area contributed by atoms with Crippen molar-refractivity contribution < 1.29 is 22.3 Å². The number of aromatic nitrogens is 4. The molecule has 2 aromatic heterocycles. The fourth-order valence-electron chi connectivity index (χ4n) is 3.95. The number of carbonyl (C=O) groups excluding carboxylic acids is 1. The second-order valence-corrected chi connectivity index (χ2v) is 12.1. The number of sulfonamides is 1. The van der Waals surface area contributed by atoms with Crippen LogP contribution in [0.1, 0.15) is 46.1 Å². The number of ether oxygens (including phenoxy) is 1. The molecule has 210 valence electrons. The molecule has 2 heterocycles. The first kappa shape index (κ1) is 28.6. The lowest BCUT2D eigenvalue weighted by Gasteiger charge is -2.26. The van der Waals surface area contributed by atoms with Crippen LogP contribution in [0, 0.1) is 5.82 Å². The van der Waals surface area contributed by atoms with Gasteiger partial charge in [-0.3, -0.25) is 9.40 Å². The number of methoxy groups -OCH3 is 1. The maximum atomic E-state index is 15.9. The first-order valence-electron chi connectivity index (χ1n) is 12.5. The van der Waals surface area contributed by atoms with E-state index in [0.29, 0.717) is 36.3 Å². The van der Waals surface area contributed by atoms with Gasteiger partial charge < -0.3 is 15.4 Å². The summed E-state index contributed by atoms with van der Waals surface area (Å²) >= 11 is 6.34. The highest BCUT2D eigenvalue weighted by Crippen LogP contribution is 2.38. The van der Waals surface area contributed by atoms with Crippen molar-refractivity contribution in [3.63, 3.8) is 0 Å². The smallest absolute Gasteiger partial charge is 0.407 e. The summed E-state index contributed by atoms with van der Waals surface area (Å²) in [4.78, 5) is 20.2. The number of nitrogens with one attached hydrogen (secondary N) is 3. The standard InChI is InChI=1S/C25H31ClFN7O4S/c1-14(2)34-13-19(18-10-16(26)11-21(22(18)27)33-39(36,37)17-6-5-7-17)23(32-34)20-8-9-28-24(31-20)29-12-15(3)30-25(35)38-4/h8-11,13-15,17,33H,5-7,12H2,1-4H3,(H,30,35)(H,28,29,31)/t15-/m0/s1. The largest absolute Gasteiger partial charge is 0.453 e. The molecule has 1 fully saturated rings. The van der Waals surface area contributed by atoms with Crippen LogP contribution in [0.4, 0.5) is 20.8 Å². The minimum atomic E-state index is -3.75. The van der Waals surface area contributed by atoms with Crippen molar-refractivity contribution >= 4 is 39.4 Å². The summed E-state index contributed by atoms with van der Waals surface area (Å²) in [5, 5.41) is 9.96. The number of hydrogen-bond acceptors (Lipinski definition) is 8. The van der Waals surface area contributed by atoms with Crippen molar-refractivity contribution in [2.24, 2.45) is 0 Å². The SMILES string of the molecule is COC(=O)N[C@@H](C)CNc1nccc(-c2nn(C(C)C)cc2-c2cc(Cl)cc(NS(=O)(=O)C3CCC3)c2F)n1. The van der Waals surface area contributed by atoms with E-state index in [4.69, 9.17) is 11.6 Å². The van der Waals surface area contributed by atoms with Crippen LogP contribution in [0.25, 0.3) is 22.5 Å². The van der Waals surface area contributed by atoms with Crippen molar-refractivity contribution in [3.8, 4) is 22.5 Å². The number of nitrogens with zero attached hydrogens (tertiary/aromatic N) is 4. The van der Waals surface area contributed by atoms with E-state index in [2.05, 4.69) is 35.2 Å². The van der Waals surface area contributed by atoms with Gasteiger partial charge in [-0.1, -0.05) is 18.0 Å². The normalized spacial score (nSPS) is 14.5. The number of carbonyl (C=O) groups is 1. The average molecular weight is 580 g/mol. The first-order chi connectivity index (χ1) is 18.5. The molecular weight excluding hydrogens is 549 g/mol. The summed E-state index contributed by atoms with van der Waals surface area (Å²) in [5.41, 5.74) is 1.03. The molecule has 1 aliphatic rings. The molecule has 3 aromatic rings. The van der Waals surface area contributed by atoms with Crippen molar-refractivity contribution in [3.05, 3.63) is 41.4 Å². The van der Waals surface area contributed by atoms with Crippen LogP contribution in [0.2, 0.25) is 5.02 Å². The molecule has 11 nitrogen and oxygen atoms in total. The predicted molar refractivity (Wildman–Crippen MR) is 148 cm³/mol. The zero-order chi connectivity index (χ0) is 28.3. The number of benzene rings is 1. The number of rotatable bonds is 10. The zero-order valence-electron chi connectivity index (χ0n) is 22.0. The molecule has 14 heteroatoms. The molecular formula is C25H31ClFN7O4S. The van der Waals surface area contributed by atoms with E-state index in [1.165, 1.54) is 25.4 Å². The summed E-state index contributed by atoms with van der Waals surface area (Å²) in [5.74, 6) is -0.487. The average Bonchev–Trinajstić information content (AvgIpc) is 3.29. The van der Waals surface area contributed by atoms with Gasteiger partial charge in [-0.15, -0.1) is 0 Å². The monoisotopic (exact) mass is 579 g/mol. The van der Waals surface area contributed by atoms with Gasteiger partial charge in [0.1, 0.15) is 5.69 Å². The highest BCUT2D eigenvalue weighted by Gasteiger charge is 2.32.